The van der Waals surface area contributed by atoms with Gasteiger partial charge in [-0.15, -0.1) is 0 Å². The predicted octanol–water partition coefficient (Wildman–Crippen LogP) is 2.61. The maximum Gasteiger partial charge on any atom is 0.136 e. The van der Waals surface area contributed by atoms with Crippen molar-refractivity contribution in [2.45, 2.75) is 13.3 Å². The molecule has 0 radical (unpaired) electrons. The minimum Gasteiger partial charge on any atom is -0.303 e. The van der Waals surface area contributed by atoms with E-state index in [2.05, 4.69) is 20.9 Å². The zero-order valence-corrected chi connectivity index (χ0v) is 10.6. The summed E-state index contributed by atoms with van der Waals surface area (Å²) in [6.07, 6.45) is 4.63. The average molecular weight is 285 g/mol. The Kier molecular flexibility index (Phi) is 3.93. The highest BCUT2D eigenvalue weighted by Crippen LogP contribution is 2.13. The van der Waals surface area contributed by atoms with Gasteiger partial charge in [0.1, 0.15) is 5.65 Å². The van der Waals surface area contributed by atoms with Crippen LogP contribution in [0.3, 0.4) is 0 Å². The lowest BCUT2D eigenvalue weighted by molar-refractivity contribution is -0.290. The number of hydrogen-bond donors (Lipinski definition) is 0. The molecule has 0 saturated carbocycles. The van der Waals surface area contributed by atoms with Crippen molar-refractivity contribution in [3.05, 3.63) is 34.7 Å². The first-order chi connectivity index (χ1) is 7.81. The Morgan fingerprint density at radius 3 is 3.06 bits per heavy atom. The van der Waals surface area contributed by atoms with Crippen molar-refractivity contribution >= 4 is 21.6 Å². The Balaban J connectivity index is 2.09. The monoisotopic (exact) mass is 284 g/mol. The zero-order chi connectivity index (χ0) is 11.4. The van der Waals surface area contributed by atoms with Gasteiger partial charge in [-0.1, -0.05) is 0 Å². The average Bonchev–Trinajstić information content (AvgIpc) is 2.67. The molecule has 2 aromatic heterocycles. The molecule has 2 aromatic rings. The van der Waals surface area contributed by atoms with E-state index in [1.54, 1.807) is 0 Å². The van der Waals surface area contributed by atoms with E-state index in [0.717, 1.165) is 22.2 Å². The van der Waals surface area contributed by atoms with Crippen LogP contribution in [0.25, 0.3) is 5.65 Å². The number of rotatable bonds is 5. The summed E-state index contributed by atoms with van der Waals surface area (Å²) < 4.78 is 3.07. The second kappa shape index (κ2) is 5.43. The second-order valence-corrected chi connectivity index (χ2v) is 4.22. The molecule has 0 fully saturated rings. The van der Waals surface area contributed by atoms with Crippen molar-refractivity contribution in [1.82, 2.24) is 9.38 Å². The first-order valence-corrected chi connectivity index (χ1v) is 5.96. The van der Waals surface area contributed by atoms with Gasteiger partial charge in [-0.3, -0.25) is 0 Å². The molecule has 4 nitrogen and oxygen atoms in total. The molecule has 16 heavy (non-hydrogen) atoms. The van der Waals surface area contributed by atoms with Gasteiger partial charge < -0.3 is 4.40 Å². The van der Waals surface area contributed by atoms with Crippen molar-refractivity contribution in [1.29, 1.82) is 0 Å². The van der Waals surface area contributed by atoms with E-state index in [0.29, 0.717) is 13.2 Å². The van der Waals surface area contributed by atoms with E-state index in [-0.39, 0.29) is 0 Å². The van der Waals surface area contributed by atoms with Crippen LogP contribution in [0.4, 0.5) is 0 Å². The molecule has 0 unspecified atom stereocenters. The van der Waals surface area contributed by atoms with Crippen molar-refractivity contribution in [3.8, 4) is 0 Å². The zero-order valence-electron chi connectivity index (χ0n) is 9.02. The van der Waals surface area contributed by atoms with Crippen molar-refractivity contribution in [3.63, 3.8) is 0 Å². The van der Waals surface area contributed by atoms with Crippen LogP contribution >= 0.6 is 15.9 Å². The van der Waals surface area contributed by atoms with Gasteiger partial charge in [0.25, 0.3) is 0 Å². The molecular formula is C11H13BrN2O2. The Morgan fingerprint density at radius 1 is 1.38 bits per heavy atom. The highest BCUT2D eigenvalue weighted by atomic mass is 79.9. The molecule has 2 rings (SSSR count). The van der Waals surface area contributed by atoms with E-state index < -0.39 is 0 Å². The third kappa shape index (κ3) is 2.61. The van der Waals surface area contributed by atoms with E-state index in [1.807, 2.05) is 35.9 Å². The van der Waals surface area contributed by atoms with E-state index in [4.69, 9.17) is 9.78 Å². The molecule has 0 saturated heterocycles. The third-order valence-corrected chi connectivity index (χ3v) is 2.66. The molecule has 0 spiro atoms. The van der Waals surface area contributed by atoms with Gasteiger partial charge in [0, 0.05) is 29.0 Å². The highest BCUT2D eigenvalue weighted by Gasteiger charge is 2.03. The van der Waals surface area contributed by atoms with E-state index in [9.17, 15) is 0 Å². The number of nitrogens with zero attached hydrogens (tertiary/aromatic N) is 2. The summed E-state index contributed by atoms with van der Waals surface area (Å²) >= 11 is 3.44. The highest BCUT2D eigenvalue weighted by molar-refractivity contribution is 9.10. The lowest BCUT2D eigenvalue weighted by Crippen LogP contribution is -2.02. The predicted molar refractivity (Wildman–Crippen MR) is 64.2 cm³/mol. The molecule has 5 heteroatoms. The molecule has 0 amide bonds. The molecular weight excluding hydrogens is 272 g/mol. The fourth-order valence-corrected chi connectivity index (χ4v) is 1.82. The lowest BCUT2D eigenvalue weighted by Gasteiger charge is -2.02. The number of pyridine rings is 1. The normalized spacial score (nSPS) is 11.1. The number of halogens is 1. The first-order valence-electron chi connectivity index (χ1n) is 5.17. The van der Waals surface area contributed by atoms with Crippen LogP contribution in [0.5, 0.6) is 0 Å². The van der Waals surface area contributed by atoms with Gasteiger partial charge in [-0.05, 0) is 35.0 Å². The number of aromatic nitrogens is 2. The maximum atomic E-state index is 4.98. The van der Waals surface area contributed by atoms with Crippen LogP contribution in [0.1, 0.15) is 12.6 Å². The SMILES string of the molecule is CCOOCCc1cnc2ccc(Br)cn12. The quantitative estimate of drug-likeness (QED) is 0.481. The van der Waals surface area contributed by atoms with E-state index in [1.165, 1.54) is 0 Å². The number of imidazole rings is 1. The summed E-state index contributed by atoms with van der Waals surface area (Å²) in [5, 5.41) is 0. The van der Waals surface area contributed by atoms with Crippen molar-refractivity contribution in [2.75, 3.05) is 13.2 Å². The van der Waals surface area contributed by atoms with Crippen molar-refractivity contribution < 1.29 is 9.78 Å². The lowest BCUT2D eigenvalue weighted by atomic mass is 10.3. The van der Waals surface area contributed by atoms with Crippen LogP contribution in [-0.2, 0) is 16.2 Å². The fraction of sp³-hybridized carbons (Fsp3) is 0.364. The fourth-order valence-electron chi connectivity index (χ4n) is 1.48. The Hall–Kier alpha value is -0.910. The molecule has 0 aliphatic carbocycles. The van der Waals surface area contributed by atoms with Gasteiger partial charge in [-0.25, -0.2) is 14.8 Å². The molecule has 0 aliphatic heterocycles. The maximum absolute atomic E-state index is 4.98. The van der Waals surface area contributed by atoms with Gasteiger partial charge in [0.05, 0.1) is 13.2 Å². The molecule has 0 aliphatic rings. The minimum atomic E-state index is 0.536. The van der Waals surface area contributed by atoms with Gasteiger partial charge in [-0.2, -0.15) is 0 Å². The third-order valence-electron chi connectivity index (χ3n) is 2.19. The smallest absolute Gasteiger partial charge is 0.136 e. The Bertz CT molecular complexity index is 470. The molecule has 2 heterocycles. The number of fused-ring (bicyclic) bond motifs is 1. The topological polar surface area (TPSA) is 35.8 Å². The molecule has 0 atom stereocenters. The standard InChI is InChI=1S/C11H13BrN2O2/c1-2-15-16-6-5-10-7-13-11-4-3-9(12)8-14(10)11/h3-4,7-8H,2,5-6H2,1H3. The van der Waals surface area contributed by atoms with Gasteiger partial charge >= 0.3 is 0 Å². The van der Waals surface area contributed by atoms with Crippen molar-refractivity contribution in [2.24, 2.45) is 0 Å². The molecule has 86 valence electrons. The molecule has 0 bridgehead atoms. The van der Waals surface area contributed by atoms with Crippen LogP contribution in [-0.4, -0.2) is 22.6 Å². The summed E-state index contributed by atoms with van der Waals surface area (Å²) in [5.41, 5.74) is 2.05. The largest absolute Gasteiger partial charge is 0.303 e. The second-order valence-electron chi connectivity index (χ2n) is 3.30. The van der Waals surface area contributed by atoms with Gasteiger partial charge in [0.2, 0.25) is 0 Å². The first kappa shape index (κ1) is 11.6. The summed E-state index contributed by atoms with van der Waals surface area (Å²) in [5.74, 6) is 0. The minimum absolute atomic E-state index is 0.536. The van der Waals surface area contributed by atoms with Crippen LogP contribution in [0.2, 0.25) is 0 Å². The number of hydrogen-bond acceptors (Lipinski definition) is 3. The molecule has 0 N–H and O–H groups in total. The summed E-state index contributed by atoms with van der Waals surface area (Å²) in [6, 6.07) is 3.94. The van der Waals surface area contributed by atoms with Crippen LogP contribution in [0.15, 0.2) is 29.0 Å². The van der Waals surface area contributed by atoms with E-state index >= 15 is 0 Å². The summed E-state index contributed by atoms with van der Waals surface area (Å²) in [7, 11) is 0. The van der Waals surface area contributed by atoms with Crippen LogP contribution < -0.4 is 0 Å². The van der Waals surface area contributed by atoms with Gasteiger partial charge in [0.15, 0.2) is 0 Å². The Labute approximate surface area is 102 Å². The Morgan fingerprint density at radius 2 is 2.25 bits per heavy atom. The summed E-state index contributed by atoms with van der Waals surface area (Å²) in [6.45, 7) is 3.00. The molecule has 0 aromatic carbocycles. The van der Waals surface area contributed by atoms with Crippen LogP contribution in [0, 0.1) is 0 Å². The summed E-state index contributed by atoms with van der Waals surface area (Å²) in [4.78, 5) is 14.1.